The van der Waals surface area contributed by atoms with E-state index >= 15 is 0 Å². The maximum absolute atomic E-state index is 9.06. The third-order valence-electron chi connectivity index (χ3n) is 3.17. The average Bonchev–Trinajstić information content (AvgIpc) is 2.30. The van der Waals surface area contributed by atoms with Gasteiger partial charge >= 0.3 is 0 Å². The lowest BCUT2D eigenvalue weighted by Crippen LogP contribution is -2.54. The Labute approximate surface area is 99.0 Å². The van der Waals surface area contributed by atoms with Crippen molar-refractivity contribution in [1.82, 2.24) is 9.80 Å². The van der Waals surface area contributed by atoms with Crippen molar-refractivity contribution in [3.8, 4) is 17.9 Å². The summed E-state index contributed by atoms with van der Waals surface area (Å²) in [6.07, 6.45) is 0.956. The van der Waals surface area contributed by atoms with E-state index in [2.05, 4.69) is 27.7 Å². The highest BCUT2D eigenvalue weighted by atomic mass is 15.3. The van der Waals surface area contributed by atoms with E-state index in [0.29, 0.717) is 0 Å². The molecule has 0 bridgehead atoms. The molecule has 0 aliphatic carbocycles. The van der Waals surface area contributed by atoms with E-state index in [4.69, 9.17) is 5.26 Å². The molecule has 0 aromatic heterocycles. The average molecular weight is 219 g/mol. The molecule has 0 unspecified atom stereocenters. The van der Waals surface area contributed by atoms with Crippen molar-refractivity contribution in [2.24, 2.45) is 0 Å². The zero-order valence-electron chi connectivity index (χ0n) is 10.6. The summed E-state index contributed by atoms with van der Waals surface area (Å²) in [5, 5.41) is 9.06. The summed E-state index contributed by atoms with van der Waals surface area (Å²) in [5.74, 6) is 6.01. The lowest BCUT2D eigenvalue weighted by molar-refractivity contribution is 0.0814. The normalized spacial score (nSPS) is 18.6. The van der Waals surface area contributed by atoms with Crippen molar-refractivity contribution in [3.63, 3.8) is 0 Å². The first kappa shape index (κ1) is 13.0. The number of nitriles is 1. The third-order valence-corrected chi connectivity index (χ3v) is 3.17. The molecule has 0 spiro atoms. The highest BCUT2D eigenvalue weighted by Crippen LogP contribution is 2.15. The molecule has 0 amide bonds. The monoisotopic (exact) mass is 219 g/mol. The molecule has 0 saturated carbocycles. The van der Waals surface area contributed by atoms with Crippen LogP contribution in [0.1, 0.15) is 27.2 Å². The van der Waals surface area contributed by atoms with Crippen LogP contribution in [0.25, 0.3) is 0 Å². The fourth-order valence-electron chi connectivity index (χ4n) is 1.94. The van der Waals surface area contributed by atoms with Gasteiger partial charge in [-0.2, -0.15) is 5.26 Å². The van der Waals surface area contributed by atoms with Gasteiger partial charge in [-0.15, -0.1) is 11.8 Å². The SMILES string of the molecule is CC#CCCN1CCN(C(C)(C)C#N)CC1. The van der Waals surface area contributed by atoms with Crippen LogP contribution in [0.4, 0.5) is 0 Å². The van der Waals surface area contributed by atoms with Crippen LogP contribution in [0.3, 0.4) is 0 Å². The first-order valence-corrected chi connectivity index (χ1v) is 5.88. The van der Waals surface area contributed by atoms with Crippen LogP contribution in [-0.4, -0.2) is 48.1 Å². The molecule has 1 rings (SSSR count). The van der Waals surface area contributed by atoms with Gasteiger partial charge in [-0.3, -0.25) is 9.80 Å². The Morgan fingerprint density at radius 2 is 1.81 bits per heavy atom. The van der Waals surface area contributed by atoms with Crippen molar-refractivity contribution in [2.75, 3.05) is 32.7 Å². The maximum atomic E-state index is 9.06. The van der Waals surface area contributed by atoms with Crippen molar-refractivity contribution >= 4 is 0 Å². The minimum absolute atomic E-state index is 0.324. The molecule has 3 nitrogen and oxygen atoms in total. The Balaban J connectivity index is 2.34. The van der Waals surface area contributed by atoms with Gasteiger partial charge in [-0.05, 0) is 20.8 Å². The Morgan fingerprint density at radius 3 is 2.31 bits per heavy atom. The lowest BCUT2D eigenvalue weighted by atomic mass is 10.0. The molecule has 1 aliphatic heterocycles. The zero-order valence-corrected chi connectivity index (χ0v) is 10.6. The Morgan fingerprint density at radius 1 is 1.19 bits per heavy atom. The van der Waals surface area contributed by atoms with Gasteiger partial charge in [0.05, 0.1) is 6.07 Å². The molecule has 0 N–H and O–H groups in total. The second kappa shape index (κ2) is 5.89. The van der Waals surface area contributed by atoms with Crippen LogP contribution in [-0.2, 0) is 0 Å². The molecule has 0 aromatic rings. The first-order chi connectivity index (χ1) is 7.60. The molecule has 0 aromatic carbocycles. The summed E-state index contributed by atoms with van der Waals surface area (Å²) in [5.41, 5.74) is -0.324. The third kappa shape index (κ3) is 3.52. The molecule has 1 aliphatic rings. The van der Waals surface area contributed by atoms with Gasteiger partial charge in [0.2, 0.25) is 0 Å². The summed E-state index contributed by atoms with van der Waals surface area (Å²) in [6, 6.07) is 2.36. The van der Waals surface area contributed by atoms with E-state index in [0.717, 1.165) is 39.1 Å². The largest absolute Gasteiger partial charge is 0.300 e. The molecule has 1 fully saturated rings. The fraction of sp³-hybridized carbons (Fsp3) is 0.769. The van der Waals surface area contributed by atoms with Gasteiger partial charge in [0, 0.05) is 39.1 Å². The topological polar surface area (TPSA) is 30.3 Å². The van der Waals surface area contributed by atoms with Crippen LogP contribution < -0.4 is 0 Å². The molecule has 1 saturated heterocycles. The Bertz CT molecular complexity index is 308. The minimum Gasteiger partial charge on any atom is -0.300 e. The number of piperazine rings is 1. The van der Waals surface area contributed by atoms with Gasteiger partial charge in [0.15, 0.2) is 0 Å². The van der Waals surface area contributed by atoms with Crippen LogP contribution in [0.2, 0.25) is 0 Å². The minimum atomic E-state index is -0.324. The van der Waals surface area contributed by atoms with E-state index in [1.807, 2.05) is 20.8 Å². The summed E-state index contributed by atoms with van der Waals surface area (Å²) in [6.45, 7) is 11.0. The van der Waals surface area contributed by atoms with Gasteiger partial charge < -0.3 is 0 Å². The Hall–Kier alpha value is -1.03. The predicted molar refractivity (Wildman–Crippen MR) is 65.8 cm³/mol. The van der Waals surface area contributed by atoms with Crippen molar-refractivity contribution < 1.29 is 0 Å². The quantitative estimate of drug-likeness (QED) is 0.671. The summed E-state index contributed by atoms with van der Waals surface area (Å²) in [4.78, 5) is 4.68. The fourth-order valence-corrected chi connectivity index (χ4v) is 1.94. The van der Waals surface area contributed by atoms with Gasteiger partial charge in [-0.1, -0.05) is 0 Å². The zero-order chi connectivity index (χ0) is 12.0. The second-order valence-electron chi connectivity index (χ2n) is 4.68. The lowest BCUT2D eigenvalue weighted by Gasteiger charge is -2.40. The number of nitrogens with zero attached hydrogens (tertiary/aromatic N) is 3. The van der Waals surface area contributed by atoms with Crippen LogP contribution in [0.5, 0.6) is 0 Å². The molecule has 0 atom stereocenters. The van der Waals surface area contributed by atoms with Crippen LogP contribution in [0.15, 0.2) is 0 Å². The highest BCUT2D eigenvalue weighted by Gasteiger charge is 2.29. The van der Waals surface area contributed by atoms with Gasteiger partial charge in [-0.25, -0.2) is 0 Å². The van der Waals surface area contributed by atoms with Crippen LogP contribution >= 0.6 is 0 Å². The summed E-state index contributed by atoms with van der Waals surface area (Å²) >= 11 is 0. The predicted octanol–water partition coefficient (Wildman–Crippen LogP) is 1.32. The van der Waals surface area contributed by atoms with Crippen molar-refractivity contribution in [2.45, 2.75) is 32.7 Å². The van der Waals surface area contributed by atoms with Crippen LogP contribution in [0, 0.1) is 23.2 Å². The first-order valence-electron chi connectivity index (χ1n) is 5.88. The molecular weight excluding hydrogens is 198 g/mol. The molecule has 3 heteroatoms. The molecule has 0 radical (unpaired) electrons. The molecule has 88 valence electrons. The smallest absolute Gasteiger partial charge is 0.103 e. The second-order valence-corrected chi connectivity index (χ2v) is 4.68. The summed E-state index contributed by atoms with van der Waals surface area (Å²) < 4.78 is 0. The number of rotatable bonds is 3. The van der Waals surface area contributed by atoms with E-state index in [1.54, 1.807) is 0 Å². The van der Waals surface area contributed by atoms with E-state index in [-0.39, 0.29) is 5.54 Å². The van der Waals surface area contributed by atoms with E-state index < -0.39 is 0 Å². The van der Waals surface area contributed by atoms with Gasteiger partial charge in [0.1, 0.15) is 5.54 Å². The molecule has 1 heterocycles. The molecular formula is C13H21N3. The van der Waals surface area contributed by atoms with Crippen molar-refractivity contribution in [3.05, 3.63) is 0 Å². The molecule has 16 heavy (non-hydrogen) atoms. The van der Waals surface area contributed by atoms with Gasteiger partial charge in [0.25, 0.3) is 0 Å². The highest BCUT2D eigenvalue weighted by molar-refractivity contribution is 5.03. The van der Waals surface area contributed by atoms with E-state index in [1.165, 1.54) is 0 Å². The number of hydrogen-bond donors (Lipinski definition) is 0. The van der Waals surface area contributed by atoms with Crippen molar-refractivity contribution in [1.29, 1.82) is 5.26 Å². The van der Waals surface area contributed by atoms with E-state index in [9.17, 15) is 0 Å². The standard InChI is InChI=1S/C13H21N3/c1-4-5-6-7-15-8-10-16(11-9-15)13(2,3)12-14/h6-11H2,1-3H3. The summed E-state index contributed by atoms with van der Waals surface area (Å²) in [7, 11) is 0. The number of hydrogen-bond acceptors (Lipinski definition) is 3. The Kier molecular flexibility index (Phi) is 4.80. The maximum Gasteiger partial charge on any atom is 0.103 e.